The number of likely N-dealkylation sites (tertiary alicyclic amines) is 1. The predicted octanol–water partition coefficient (Wildman–Crippen LogP) is 4.35. The first kappa shape index (κ1) is 19.0. The van der Waals surface area contributed by atoms with Crippen molar-refractivity contribution in [1.82, 2.24) is 20.3 Å². The number of nitrogens with zero attached hydrogens (tertiary/aromatic N) is 3. The zero-order valence-corrected chi connectivity index (χ0v) is 17.0. The normalized spacial score (nSPS) is 19.7. The van der Waals surface area contributed by atoms with Gasteiger partial charge < -0.3 is 9.42 Å². The van der Waals surface area contributed by atoms with E-state index in [4.69, 9.17) is 4.52 Å². The molecule has 1 saturated heterocycles. The average Bonchev–Trinajstić information content (AvgIpc) is 3.41. The molecule has 0 saturated carbocycles. The monoisotopic (exact) mass is 408 g/mol. The third kappa shape index (κ3) is 3.42. The van der Waals surface area contributed by atoms with Crippen molar-refractivity contribution < 1.29 is 13.7 Å². The number of piperidine rings is 1. The minimum Gasteiger partial charge on any atom is -0.361 e. The lowest BCUT2D eigenvalue weighted by Crippen LogP contribution is -2.38. The van der Waals surface area contributed by atoms with E-state index < -0.39 is 0 Å². The number of fused-ring (bicyclic) bond motifs is 1. The third-order valence-electron chi connectivity index (χ3n) is 6.44. The smallest absolute Gasteiger partial charge is 0.271 e. The van der Waals surface area contributed by atoms with Gasteiger partial charge in [0.1, 0.15) is 17.3 Å². The van der Waals surface area contributed by atoms with Gasteiger partial charge in [-0.15, -0.1) is 0 Å². The zero-order valence-electron chi connectivity index (χ0n) is 17.0. The summed E-state index contributed by atoms with van der Waals surface area (Å²) in [5, 5.41) is 11.2. The van der Waals surface area contributed by atoms with Gasteiger partial charge in [-0.25, -0.2) is 4.39 Å². The number of aromatic amines is 1. The molecule has 1 amide bonds. The van der Waals surface area contributed by atoms with Gasteiger partial charge in [0.05, 0.1) is 11.4 Å². The van der Waals surface area contributed by atoms with Crippen LogP contribution in [0.5, 0.6) is 0 Å². The first-order valence-corrected chi connectivity index (χ1v) is 10.7. The fourth-order valence-corrected chi connectivity index (χ4v) is 4.68. The largest absolute Gasteiger partial charge is 0.361 e. The maximum absolute atomic E-state index is 14.0. The van der Waals surface area contributed by atoms with E-state index in [0.717, 1.165) is 37.1 Å². The molecule has 3 aromatic rings. The highest BCUT2D eigenvalue weighted by molar-refractivity contribution is 5.93. The number of aromatic nitrogens is 3. The molecule has 1 atom stereocenters. The second-order valence-electron chi connectivity index (χ2n) is 8.53. The van der Waals surface area contributed by atoms with Gasteiger partial charge in [-0.2, -0.15) is 5.10 Å². The van der Waals surface area contributed by atoms with Crippen LogP contribution in [0.3, 0.4) is 0 Å². The van der Waals surface area contributed by atoms with Gasteiger partial charge in [-0.3, -0.25) is 9.89 Å². The molecule has 0 spiro atoms. The Kier molecular flexibility index (Phi) is 4.89. The summed E-state index contributed by atoms with van der Waals surface area (Å²) in [6.45, 7) is 3.59. The van der Waals surface area contributed by atoms with Crippen molar-refractivity contribution in [3.05, 3.63) is 58.9 Å². The molecular formula is C23H25FN4O2. The van der Waals surface area contributed by atoms with Gasteiger partial charge >= 0.3 is 0 Å². The molecule has 7 heteroatoms. The number of carbonyl (C=O) groups excluding carboxylic acids is 1. The van der Waals surface area contributed by atoms with Crippen molar-refractivity contribution in [3.8, 4) is 11.3 Å². The topological polar surface area (TPSA) is 75.0 Å². The summed E-state index contributed by atoms with van der Waals surface area (Å²) in [6.07, 6.45) is 4.93. The van der Waals surface area contributed by atoms with E-state index in [1.54, 1.807) is 24.3 Å². The summed E-state index contributed by atoms with van der Waals surface area (Å²) >= 11 is 0. The fraction of sp³-hybridized carbons (Fsp3) is 0.435. The first-order valence-electron chi connectivity index (χ1n) is 10.7. The number of carbonyl (C=O) groups is 1. The lowest BCUT2D eigenvalue weighted by atomic mass is 9.83. The van der Waals surface area contributed by atoms with Gasteiger partial charge in [-0.1, -0.05) is 24.2 Å². The minimum atomic E-state index is -0.353. The molecule has 1 aliphatic carbocycles. The van der Waals surface area contributed by atoms with Gasteiger partial charge in [-0.05, 0) is 56.2 Å². The van der Waals surface area contributed by atoms with Gasteiger partial charge in [0.15, 0.2) is 0 Å². The van der Waals surface area contributed by atoms with E-state index in [1.807, 2.05) is 4.90 Å². The number of halogens is 1. The lowest BCUT2D eigenvalue weighted by Gasteiger charge is -2.31. The second-order valence-corrected chi connectivity index (χ2v) is 8.53. The van der Waals surface area contributed by atoms with Crippen molar-refractivity contribution in [2.75, 3.05) is 13.1 Å². The van der Waals surface area contributed by atoms with E-state index in [2.05, 4.69) is 22.3 Å². The number of hydrogen-bond donors (Lipinski definition) is 1. The Balaban J connectivity index is 1.26. The van der Waals surface area contributed by atoms with Crippen LogP contribution in [0.25, 0.3) is 11.3 Å². The lowest BCUT2D eigenvalue weighted by molar-refractivity contribution is 0.0700. The fourth-order valence-electron chi connectivity index (χ4n) is 4.68. The molecule has 3 heterocycles. The second kappa shape index (κ2) is 7.70. The van der Waals surface area contributed by atoms with Crippen molar-refractivity contribution in [2.45, 2.75) is 44.9 Å². The van der Waals surface area contributed by atoms with Crippen LogP contribution in [0.4, 0.5) is 4.39 Å². The number of rotatable bonds is 3. The van der Waals surface area contributed by atoms with Crippen LogP contribution in [0.15, 0.2) is 34.9 Å². The number of nitrogens with one attached hydrogen (secondary N) is 1. The Morgan fingerprint density at radius 3 is 2.83 bits per heavy atom. The van der Waals surface area contributed by atoms with E-state index >= 15 is 0 Å². The predicted molar refractivity (Wildman–Crippen MR) is 110 cm³/mol. The minimum absolute atomic E-state index is 0.100. The molecule has 30 heavy (non-hydrogen) atoms. The standard InChI is InChI=1S/C23H25FN4O2/c1-14-6-7-19-17(12-14)22(30-27-19)15-8-10-28(11-9-15)23(29)21-13-20(25-26-21)16-4-2-3-5-18(16)24/h2-5,13-15H,6-12H2,1H3,(H,25,26). The summed E-state index contributed by atoms with van der Waals surface area (Å²) < 4.78 is 19.7. The summed E-state index contributed by atoms with van der Waals surface area (Å²) in [7, 11) is 0. The Morgan fingerprint density at radius 2 is 2.03 bits per heavy atom. The molecule has 5 rings (SSSR count). The molecule has 2 aromatic heterocycles. The number of H-pyrrole nitrogens is 1. The van der Waals surface area contributed by atoms with Crippen molar-refractivity contribution >= 4 is 5.91 Å². The maximum Gasteiger partial charge on any atom is 0.271 e. The number of amides is 1. The first-order chi connectivity index (χ1) is 14.6. The quantitative estimate of drug-likeness (QED) is 0.699. The number of aryl methyl sites for hydroxylation is 1. The third-order valence-corrected chi connectivity index (χ3v) is 6.44. The Morgan fingerprint density at radius 1 is 1.23 bits per heavy atom. The highest BCUT2D eigenvalue weighted by Crippen LogP contribution is 2.36. The molecule has 0 bridgehead atoms. The summed E-state index contributed by atoms with van der Waals surface area (Å²) in [5.41, 5.74) is 3.64. The molecule has 0 radical (unpaired) electrons. The van der Waals surface area contributed by atoms with Crippen LogP contribution in [0, 0.1) is 11.7 Å². The molecular weight excluding hydrogens is 383 g/mol. The van der Waals surface area contributed by atoms with Crippen molar-refractivity contribution in [3.63, 3.8) is 0 Å². The molecule has 156 valence electrons. The van der Waals surface area contributed by atoms with Crippen molar-refractivity contribution in [1.29, 1.82) is 0 Å². The highest BCUT2D eigenvalue weighted by atomic mass is 19.1. The van der Waals surface area contributed by atoms with E-state index in [0.29, 0.717) is 41.9 Å². The maximum atomic E-state index is 14.0. The van der Waals surface area contributed by atoms with Crippen LogP contribution >= 0.6 is 0 Å². The summed E-state index contributed by atoms with van der Waals surface area (Å²) in [5.74, 6) is 1.56. The van der Waals surface area contributed by atoms with E-state index in [1.165, 1.54) is 18.1 Å². The van der Waals surface area contributed by atoms with Gasteiger partial charge in [0.25, 0.3) is 5.91 Å². The molecule has 1 fully saturated rings. The highest BCUT2D eigenvalue weighted by Gasteiger charge is 2.32. The SMILES string of the molecule is CC1CCc2noc(C3CCN(C(=O)c4cc(-c5ccccc5F)n[nH]4)CC3)c2C1. The molecule has 1 unspecified atom stereocenters. The average molecular weight is 408 g/mol. The Hall–Kier alpha value is -2.96. The van der Waals surface area contributed by atoms with Crippen molar-refractivity contribution in [2.24, 2.45) is 5.92 Å². The number of benzene rings is 1. The van der Waals surface area contributed by atoms with Crippen LogP contribution < -0.4 is 0 Å². The Labute approximate surface area is 174 Å². The summed E-state index contributed by atoms with van der Waals surface area (Å²) in [6, 6.07) is 8.06. The molecule has 6 nitrogen and oxygen atoms in total. The van der Waals surface area contributed by atoms with Crippen LogP contribution in [-0.2, 0) is 12.8 Å². The molecule has 2 aliphatic rings. The molecule has 1 aliphatic heterocycles. The van der Waals surface area contributed by atoms with E-state index in [9.17, 15) is 9.18 Å². The van der Waals surface area contributed by atoms with Crippen LogP contribution in [0.2, 0.25) is 0 Å². The van der Waals surface area contributed by atoms with Crippen LogP contribution in [-0.4, -0.2) is 39.3 Å². The van der Waals surface area contributed by atoms with Gasteiger partial charge in [0.2, 0.25) is 0 Å². The summed E-state index contributed by atoms with van der Waals surface area (Å²) in [4.78, 5) is 14.8. The molecule has 1 N–H and O–H groups in total. The number of hydrogen-bond acceptors (Lipinski definition) is 4. The Bertz CT molecular complexity index is 1060. The van der Waals surface area contributed by atoms with E-state index in [-0.39, 0.29) is 11.7 Å². The molecule has 1 aromatic carbocycles. The van der Waals surface area contributed by atoms with Crippen LogP contribution in [0.1, 0.15) is 59.6 Å². The zero-order chi connectivity index (χ0) is 20.7. The van der Waals surface area contributed by atoms with Gasteiger partial charge in [0, 0.05) is 30.1 Å².